The smallest absolute Gasteiger partial charge is 0.344 e. The Balaban J connectivity index is 1.72. The van der Waals surface area contributed by atoms with Crippen LogP contribution in [0.2, 0.25) is 0 Å². The van der Waals surface area contributed by atoms with E-state index in [1.165, 1.54) is 13.3 Å². The molecule has 0 radical (unpaired) electrons. The molecule has 7 nitrogen and oxygen atoms in total. The van der Waals surface area contributed by atoms with Gasteiger partial charge in [0.15, 0.2) is 12.7 Å². The topological polar surface area (TPSA) is 93.7 Å². The molecular weight excluding hydrogens is 348 g/mol. The van der Waals surface area contributed by atoms with Gasteiger partial charge in [0, 0.05) is 6.04 Å². The molecule has 7 heteroatoms. The molecule has 1 fully saturated rings. The van der Waals surface area contributed by atoms with Gasteiger partial charge in [-0.15, -0.1) is 0 Å². The third-order valence-electron chi connectivity index (χ3n) is 4.53. The first-order valence-corrected chi connectivity index (χ1v) is 9.36. The van der Waals surface area contributed by atoms with E-state index in [0.717, 1.165) is 36.8 Å². The summed E-state index contributed by atoms with van der Waals surface area (Å²) in [6.07, 6.45) is 4.08. The maximum absolute atomic E-state index is 12.0. The van der Waals surface area contributed by atoms with E-state index in [9.17, 15) is 14.4 Å². The number of amides is 3. The fraction of sp³-hybridized carbons (Fsp3) is 0.550. The van der Waals surface area contributed by atoms with Crippen molar-refractivity contribution in [2.24, 2.45) is 0 Å². The predicted molar refractivity (Wildman–Crippen MR) is 101 cm³/mol. The number of hydrogen-bond acceptors (Lipinski definition) is 5. The molecular formula is C20H28N2O5. The number of urea groups is 1. The number of carbonyl (C=O) groups excluding carboxylic acids is 3. The van der Waals surface area contributed by atoms with Crippen LogP contribution in [0.25, 0.3) is 0 Å². The number of benzene rings is 1. The van der Waals surface area contributed by atoms with Crippen molar-refractivity contribution in [3.63, 3.8) is 0 Å². The zero-order valence-corrected chi connectivity index (χ0v) is 16.2. The van der Waals surface area contributed by atoms with E-state index in [0.29, 0.717) is 5.75 Å². The van der Waals surface area contributed by atoms with Gasteiger partial charge in [0.05, 0.1) is 0 Å². The first-order valence-electron chi connectivity index (χ1n) is 9.36. The number of nitrogens with one attached hydrogen (secondary N) is 2. The van der Waals surface area contributed by atoms with Crippen LogP contribution in [0.3, 0.4) is 0 Å². The van der Waals surface area contributed by atoms with Crippen LogP contribution in [0.5, 0.6) is 5.75 Å². The summed E-state index contributed by atoms with van der Waals surface area (Å²) < 4.78 is 10.5. The molecule has 0 heterocycles. The first-order chi connectivity index (χ1) is 12.8. The summed E-state index contributed by atoms with van der Waals surface area (Å²) in [5.74, 6) is -0.755. The van der Waals surface area contributed by atoms with E-state index in [1.54, 1.807) is 6.07 Å². The van der Waals surface area contributed by atoms with Gasteiger partial charge in [0.2, 0.25) is 0 Å². The van der Waals surface area contributed by atoms with E-state index >= 15 is 0 Å². The lowest BCUT2D eigenvalue weighted by Crippen LogP contribution is -2.48. The maximum Gasteiger partial charge on any atom is 0.344 e. The third kappa shape index (κ3) is 6.92. The lowest BCUT2D eigenvalue weighted by molar-refractivity contribution is -0.156. The molecule has 2 N–H and O–H groups in total. The molecule has 1 aromatic rings. The van der Waals surface area contributed by atoms with Crippen LogP contribution in [0.1, 0.15) is 50.2 Å². The zero-order valence-electron chi connectivity index (χ0n) is 16.2. The Morgan fingerprint density at radius 1 is 1.15 bits per heavy atom. The number of ether oxygens (including phenoxy) is 2. The van der Waals surface area contributed by atoms with Gasteiger partial charge < -0.3 is 14.8 Å². The third-order valence-corrected chi connectivity index (χ3v) is 4.53. The van der Waals surface area contributed by atoms with Crippen LogP contribution in [0.15, 0.2) is 18.2 Å². The second-order valence-electron chi connectivity index (χ2n) is 6.99. The minimum atomic E-state index is -1.09. The highest BCUT2D eigenvalue weighted by molar-refractivity contribution is 5.97. The molecule has 0 unspecified atom stereocenters. The van der Waals surface area contributed by atoms with Gasteiger partial charge in [0.1, 0.15) is 5.75 Å². The number of esters is 1. The Morgan fingerprint density at radius 2 is 1.85 bits per heavy atom. The van der Waals surface area contributed by atoms with Crippen LogP contribution in [0, 0.1) is 13.8 Å². The monoisotopic (exact) mass is 376 g/mol. The number of carbonyl (C=O) groups is 3. The molecule has 0 bridgehead atoms. The summed E-state index contributed by atoms with van der Waals surface area (Å²) in [4.78, 5) is 35.8. The average Bonchev–Trinajstić information content (AvgIpc) is 2.61. The van der Waals surface area contributed by atoms with E-state index in [2.05, 4.69) is 10.6 Å². The SMILES string of the molecule is Cc1ccc(OCC(=O)O[C@@H](C)C(=O)NC(=O)NC2CCCCC2)c(C)c1. The van der Waals surface area contributed by atoms with Crippen molar-refractivity contribution in [1.82, 2.24) is 10.6 Å². The number of imide groups is 1. The summed E-state index contributed by atoms with van der Waals surface area (Å²) >= 11 is 0. The number of aryl methyl sites for hydroxylation is 2. The molecule has 3 amide bonds. The van der Waals surface area contributed by atoms with Crippen LogP contribution >= 0.6 is 0 Å². The quantitative estimate of drug-likeness (QED) is 0.745. The Hall–Kier alpha value is -2.57. The lowest BCUT2D eigenvalue weighted by atomic mass is 9.96. The van der Waals surface area contributed by atoms with Gasteiger partial charge in [-0.05, 0) is 45.2 Å². The molecule has 0 spiro atoms. The van der Waals surface area contributed by atoms with Crippen molar-refractivity contribution in [2.75, 3.05) is 6.61 Å². The molecule has 0 aliphatic heterocycles. The van der Waals surface area contributed by atoms with Gasteiger partial charge in [-0.25, -0.2) is 9.59 Å². The molecule has 1 atom stereocenters. The Kier molecular flexibility index (Phi) is 7.64. The number of hydrogen-bond donors (Lipinski definition) is 2. The minimum Gasteiger partial charge on any atom is -0.482 e. The molecule has 1 saturated carbocycles. The highest BCUT2D eigenvalue weighted by atomic mass is 16.6. The molecule has 0 saturated heterocycles. The normalized spacial score (nSPS) is 15.5. The second-order valence-corrected chi connectivity index (χ2v) is 6.99. The standard InChI is InChI=1S/C20H28N2O5/c1-13-9-10-17(14(2)11-13)26-12-18(23)27-15(3)19(24)22-20(25)21-16-7-5-4-6-8-16/h9-11,15-16H,4-8,12H2,1-3H3,(H2,21,22,24,25)/t15-/m0/s1. The largest absolute Gasteiger partial charge is 0.482 e. The van der Waals surface area contributed by atoms with Crippen molar-refractivity contribution in [3.05, 3.63) is 29.3 Å². The average molecular weight is 376 g/mol. The molecule has 0 aromatic heterocycles. The van der Waals surface area contributed by atoms with E-state index in [1.807, 2.05) is 26.0 Å². The minimum absolute atomic E-state index is 0.0931. The Bertz CT molecular complexity index is 683. The van der Waals surface area contributed by atoms with Crippen LogP contribution in [0.4, 0.5) is 4.79 Å². The Labute approximate surface area is 159 Å². The molecule has 2 rings (SSSR count). The number of rotatable bonds is 6. The zero-order chi connectivity index (χ0) is 19.8. The Morgan fingerprint density at radius 3 is 2.52 bits per heavy atom. The second kappa shape index (κ2) is 9.94. The van der Waals surface area contributed by atoms with Crippen molar-refractivity contribution in [1.29, 1.82) is 0 Å². The van der Waals surface area contributed by atoms with E-state index < -0.39 is 24.0 Å². The fourth-order valence-corrected chi connectivity index (χ4v) is 3.06. The van der Waals surface area contributed by atoms with Crippen LogP contribution in [-0.2, 0) is 14.3 Å². The summed E-state index contributed by atoms with van der Waals surface area (Å²) in [5, 5.41) is 4.99. The maximum atomic E-state index is 12.0. The molecule has 27 heavy (non-hydrogen) atoms. The van der Waals surface area contributed by atoms with E-state index in [-0.39, 0.29) is 12.6 Å². The van der Waals surface area contributed by atoms with Crippen LogP contribution < -0.4 is 15.4 Å². The fourth-order valence-electron chi connectivity index (χ4n) is 3.06. The first kappa shape index (κ1) is 20.7. The summed E-state index contributed by atoms with van der Waals surface area (Å²) in [5.41, 5.74) is 2.01. The summed E-state index contributed by atoms with van der Waals surface area (Å²) in [6.45, 7) is 4.96. The predicted octanol–water partition coefficient (Wildman–Crippen LogP) is 2.77. The van der Waals surface area contributed by atoms with Gasteiger partial charge in [-0.3, -0.25) is 10.1 Å². The molecule has 148 valence electrons. The highest BCUT2D eigenvalue weighted by Crippen LogP contribution is 2.19. The molecule has 1 aliphatic carbocycles. The van der Waals surface area contributed by atoms with Crippen molar-refractivity contribution >= 4 is 17.9 Å². The highest BCUT2D eigenvalue weighted by Gasteiger charge is 2.22. The van der Waals surface area contributed by atoms with Gasteiger partial charge in [0.25, 0.3) is 5.91 Å². The van der Waals surface area contributed by atoms with Crippen molar-refractivity contribution in [3.8, 4) is 5.75 Å². The van der Waals surface area contributed by atoms with Gasteiger partial charge >= 0.3 is 12.0 Å². The molecule has 1 aliphatic rings. The summed E-state index contributed by atoms with van der Waals surface area (Å²) in [7, 11) is 0. The van der Waals surface area contributed by atoms with E-state index in [4.69, 9.17) is 9.47 Å². The van der Waals surface area contributed by atoms with Crippen molar-refractivity contribution < 1.29 is 23.9 Å². The summed E-state index contributed by atoms with van der Waals surface area (Å²) in [6, 6.07) is 5.15. The van der Waals surface area contributed by atoms with Crippen molar-refractivity contribution in [2.45, 2.75) is 65.0 Å². The van der Waals surface area contributed by atoms with Gasteiger partial charge in [-0.2, -0.15) is 0 Å². The van der Waals surface area contributed by atoms with Gasteiger partial charge in [-0.1, -0.05) is 37.0 Å². The molecule has 1 aromatic carbocycles. The lowest BCUT2D eigenvalue weighted by Gasteiger charge is -2.23. The van der Waals surface area contributed by atoms with Crippen LogP contribution in [-0.4, -0.2) is 36.7 Å².